The third kappa shape index (κ3) is 3.55. The summed E-state index contributed by atoms with van der Waals surface area (Å²) in [6, 6.07) is 12.8. The molecule has 0 aliphatic carbocycles. The molecule has 0 spiro atoms. The summed E-state index contributed by atoms with van der Waals surface area (Å²) in [5.74, 6) is 0. The van der Waals surface area contributed by atoms with E-state index in [9.17, 15) is 0 Å². The fourth-order valence-corrected chi connectivity index (χ4v) is 3.14. The van der Waals surface area contributed by atoms with E-state index >= 15 is 0 Å². The predicted octanol–water partition coefficient (Wildman–Crippen LogP) is 4.67. The van der Waals surface area contributed by atoms with Gasteiger partial charge in [-0.3, -0.25) is 0 Å². The van der Waals surface area contributed by atoms with E-state index in [0.29, 0.717) is 6.04 Å². The van der Waals surface area contributed by atoms with Crippen LogP contribution in [0.4, 0.5) is 0 Å². The first-order valence-electron chi connectivity index (χ1n) is 5.36. The van der Waals surface area contributed by atoms with Gasteiger partial charge in [-0.15, -0.1) is 11.3 Å². The van der Waals surface area contributed by atoms with Crippen molar-refractivity contribution in [3.05, 3.63) is 55.6 Å². The zero-order chi connectivity index (χ0) is 12.3. The van der Waals surface area contributed by atoms with E-state index in [-0.39, 0.29) is 0 Å². The van der Waals surface area contributed by atoms with Gasteiger partial charge in [0.05, 0.1) is 4.34 Å². The van der Waals surface area contributed by atoms with Crippen LogP contribution in [0.1, 0.15) is 16.5 Å². The second kappa shape index (κ2) is 6.01. The molecule has 1 heterocycles. The summed E-state index contributed by atoms with van der Waals surface area (Å²) in [5, 5.41) is 3.34. The van der Waals surface area contributed by atoms with Crippen molar-refractivity contribution in [1.29, 1.82) is 0 Å². The Morgan fingerprint density at radius 1 is 1.24 bits per heavy atom. The van der Waals surface area contributed by atoms with E-state index in [1.54, 1.807) is 11.3 Å². The molecule has 2 aromatic rings. The molecule has 90 valence electrons. The van der Waals surface area contributed by atoms with Crippen molar-refractivity contribution < 1.29 is 0 Å². The SMILES string of the molecule is CNC(Cc1ccc(Cl)s1)c1ccc(Br)cc1. The molecule has 0 aliphatic rings. The summed E-state index contributed by atoms with van der Waals surface area (Å²) in [6.45, 7) is 0. The number of hydrogen-bond acceptors (Lipinski definition) is 2. The highest BCUT2D eigenvalue weighted by Gasteiger charge is 2.11. The Balaban J connectivity index is 2.13. The first-order valence-corrected chi connectivity index (χ1v) is 7.34. The van der Waals surface area contributed by atoms with Crippen LogP contribution in [0.5, 0.6) is 0 Å². The van der Waals surface area contributed by atoms with Crippen molar-refractivity contribution >= 4 is 38.9 Å². The molecule has 1 nitrogen and oxygen atoms in total. The number of hydrogen-bond donors (Lipinski definition) is 1. The second-order valence-electron chi connectivity index (χ2n) is 3.80. The Labute approximate surface area is 119 Å². The van der Waals surface area contributed by atoms with Crippen molar-refractivity contribution in [2.24, 2.45) is 0 Å². The van der Waals surface area contributed by atoms with E-state index in [4.69, 9.17) is 11.6 Å². The van der Waals surface area contributed by atoms with Crippen LogP contribution in [0.15, 0.2) is 40.9 Å². The fourth-order valence-electron chi connectivity index (χ4n) is 1.74. The van der Waals surface area contributed by atoms with Crippen molar-refractivity contribution in [3.8, 4) is 0 Å². The van der Waals surface area contributed by atoms with Gasteiger partial charge in [0.15, 0.2) is 0 Å². The Hall–Kier alpha value is -0.350. The summed E-state index contributed by atoms with van der Waals surface area (Å²) >= 11 is 11.0. The molecule has 0 saturated heterocycles. The zero-order valence-corrected chi connectivity index (χ0v) is 12.6. The molecular weight excluding hydrogens is 318 g/mol. The van der Waals surface area contributed by atoms with Crippen molar-refractivity contribution in [1.82, 2.24) is 5.32 Å². The van der Waals surface area contributed by atoms with Gasteiger partial charge in [0, 0.05) is 21.8 Å². The van der Waals surface area contributed by atoms with Crippen LogP contribution in [0.2, 0.25) is 4.34 Å². The summed E-state index contributed by atoms with van der Waals surface area (Å²) in [7, 11) is 1.99. The summed E-state index contributed by atoms with van der Waals surface area (Å²) in [5.41, 5.74) is 1.29. The lowest BCUT2D eigenvalue weighted by Crippen LogP contribution is -2.18. The van der Waals surface area contributed by atoms with Crippen LogP contribution in [0.3, 0.4) is 0 Å². The maximum Gasteiger partial charge on any atom is 0.0931 e. The maximum atomic E-state index is 5.95. The lowest BCUT2D eigenvalue weighted by Gasteiger charge is -2.15. The van der Waals surface area contributed by atoms with E-state index in [0.717, 1.165) is 15.2 Å². The van der Waals surface area contributed by atoms with E-state index in [2.05, 4.69) is 51.6 Å². The molecule has 0 aliphatic heterocycles. The highest BCUT2D eigenvalue weighted by Crippen LogP contribution is 2.27. The number of nitrogens with one attached hydrogen (secondary N) is 1. The quantitative estimate of drug-likeness (QED) is 0.859. The van der Waals surface area contributed by atoms with Crippen LogP contribution in [-0.4, -0.2) is 7.05 Å². The van der Waals surface area contributed by atoms with Gasteiger partial charge in [-0.25, -0.2) is 0 Å². The van der Waals surface area contributed by atoms with Crippen molar-refractivity contribution in [2.45, 2.75) is 12.5 Å². The molecule has 0 amide bonds. The topological polar surface area (TPSA) is 12.0 Å². The molecule has 1 aromatic carbocycles. The summed E-state index contributed by atoms with van der Waals surface area (Å²) in [4.78, 5) is 1.30. The minimum atomic E-state index is 0.331. The first kappa shape index (κ1) is 13.1. The average Bonchev–Trinajstić information content (AvgIpc) is 2.73. The smallest absolute Gasteiger partial charge is 0.0931 e. The minimum absolute atomic E-state index is 0.331. The molecule has 1 unspecified atom stereocenters. The van der Waals surface area contributed by atoms with Gasteiger partial charge in [-0.2, -0.15) is 0 Å². The number of likely N-dealkylation sites (N-methyl/N-ethyl adjacent to an activating group) is 1. The molecule has 0 saturated carbocycles. The molecule has 1 atom stereocenters. The lowest BCUT2D eigenvalue weighted by molar-refractivity contribution is 0.596. The third-order valence-corrected chi connectivity index (χ3v) is 4.44. The van der Waals surface area contributed by atoms with E-state index in [1.807, 2.05) is 13.1 Å². The van der Waals surface area contributed by atoms with Crippen LogP contribution in [0, 0.1) is 0 Å². The first-order chi connectivity index (χ1) is 8.19. The van der Waals surface area contributed by atoms with E-state index in [1.165, 1.54) is 10.4 Å². The van der Waals surface area contributed by atoms with Gasteiger partial charge in [0.1, 0.15) is 0 Å². The largest absolute Gasteiger partial charge is 0.313 e. The number of thiophene rings is 1. The Kier molecular flexibility index (Phi) is 4.62. The lowest BCUT2D eigenvalue weighted by atomic mass is 10.0. The van der Waals surface area contributed by atoms with Crippen molar-refractivity contribution in [3.63, 3.8) is 0 Å². The molecule has 0 fully saturated rings. The molecule has 2 rings (SSSR count). The highest BCUT2D eigenvalue weighted by atomic mass is 79.9. The maximum absolute atomic E-state index is 5.95. The predicted molar refractivity (Wildman–Crippen MR) is 79.0 cm³/mol. The highest BCUT2D eigenvalue weighted by molar-refractivity contribution is 9.10. The minimum Gasteiger partial charge on any atom is -0.313 e. The standard InChI is InChI=1S/C13H13BrClNS/c1-16-12(8-11-6-7-13(15)17-11)9-2-4-10(14)5-3-9/h2-7,12,16H,8H2,1H3. The van der Waals surface area contributed by atoms with Crippen LogP contribution >= 0.6 is 38.9 Å². The third-order valence-electron chi connectivity index (χ3n) is 2.66. The van der Waals surface area contributed by atoms with Gasteiger partial charge in [-0.05, 0) is 36.9 Å². The van der Waals surface area contributed by atoms with Gasteiger partial charge in [0.25, 0.3) is 0 Å². The van der Waals surface area contributed by atoms with Gasteiger partial charge in [0.2, 0.25) is 0 Å². The Morgan fingerprint density at radius 2 is 1.94 bits per heavy atom. The molecule has 1 N–H and O–H groups in total. The normalized spacial score (nSPS) is 12.6. The summed E-state index contributed by atoms with van der Waals surface area (Å²) in [6.07, 6.45) is 0.968. The summed E-state index contributed by atoms with van der Waals surface area (Å²) < 4.78 is 1.96. The fraction of sp³-hybridized carbons (Fsp3) is 0.231. The van der Waals surface area contributed by atoms with Gasteiger partial charge < -0.3 is 5.32 Å². The molecule has 1 aromatic heterocycles. The Morgan fingerprint density at radius 3 is 2.47 bits per heavy atom. The van der Waals surface area contributed by atoms with Crippen LogP contribution in [-0.2, 0) is 6.42 Å². The molecule has 0 radical (unpaired) electrons. The number of rotatable bonds is 4. The van der Waals surface area contributed by atoms with Gasteiger partial charge >= 0.3 is 0 Å². The molecule has 0 bridgehead atoms. The van der Waals surface area contributed by atoms with E-state index < -0.39 is 0 Å². The zero-order valence-electron chi connectivity index (χ0n) is 9.41. The average molecular weight is 331 g/mol. The van der Waals surface area contributed by atoms with Crippen LogP contribution < -0.4 is 5.32 Å². The Bertz CT molecular complexity index is 480. The molecule has 17 heavy (non-hydrogen) atoms. The molecule has 4 heteroatoms. The van der Waals surface area contributed by atoms with Crippen molar-refractivity contribution in [2.75, 3.05) is 7.05 Å². The number of halogens is 2. The van der Waals surface area contributed by atoms with Gasteiger partial charge in [-0.1, -0.05) is 39.7 Å². The number of benzene rings is 1. The monoisotopic (exact) mass is 329 g/mol. The second-order valence-corrected chi connectivity index (χ2v) is 6.52. The molecular formula is C13H13BrClNS. The van der Waals surface area contributed by atoms with Crippen LogP contribution in [0.25, 0.3) is 0 Å².